The number of hydrogen-bond acceptors (Lipinski definition) is 2. The van der Waals surface area contributed by atoms with Crippen LogP contribution in [0.2, 0.25) is 0 Å². The molecule has 1 heterocycles. The summed E-state index contributed by atoms with van der Waals surface area (Å²) in [6.45, 7) is 4.53. The molecule has 0 saturated carbocycles. The third-order valence-corrected chi connectivity index (χ3v) is 1.86. The predicted molar refractivity (Wildman–Crippen MR) is 64.0 cm³/mol. The van der Waals surface area contributed by atoms with Crippen molar-refractivity contribution in [2.45, 2.75) is 13.8 Å². The van der Waals surface area contributed by atoms with Crippen LogP contribution in [0.3, 0.4) is 0 Å². The van der Waals surface area contributed by atoms with Crippen LogP contribution >= 0.6 is 0 Å². The van der Waals surface area contributed by atoms with Gasteiger partial charge in [0.15, 0.2) is 6.73 Å². The monoisotopic (exact) mass is 203 g/mol. The Balaban J connectivity index is 2.59. The van der Waals surface area contributed by atoms with Gasteiger partial charge >= 0.3 is 0 Å². The van der Waals surface area contributed by atoms with E-state index < -0.39 is 0 Å². The maximum Gasteiger partial charge on any atom is 0.159 e. The van der Waals surface area contributed by atoms with Crippen LogP contribution in [0.25, 0.3) is 0 Å². The van der Waals surface area contributed by atoms with Gasteiger partial charge < -0.3 is 10.1 Å². The lowest BCUT2D eigenvalue weighted by Crippen LogP contribution is -2.05. The van der Waals surface area contributed by atoms with Gasteiger partial charge in [0.25, 0.3) is 0 Å². The van der Waals surface area contributed by atoms with Gasteiger partial charge in [-0.1, -0.05) is 36.5 Å². The van der Waals surface area contributed by atoms with E-state index in [9.17, 15) is 0 Å². The highest BCUT2D eigenvalue weighted by Crippen LogP contribution is 2.12. The molecule has 0 aromatic rings. The molecule has 0 aromatic carbocycles. The van der Waals surface area contributed by atoms with Crippen molar-refractivity contribution in [2.24, 2.45) is 0 Å². The third kappa shape index (κ3) is 3.90. The first-order chi connectivity index (χ1) is 7.38. The maximum absolute atomic E-state index is 5.40. The molecule has 0 amide bonds. The molecule has 0 spiro atoms. The summed E-state index contributed by atoms with van der Waals surface area (Å²) in [5.74, 6) is 0.887. The van der Waals surface area contributed by atoms with Crippen LogP contribution in [0.4, 0.5) is 0 Å². The Labute approximate surface area is 91.3 Å². The normalized spacial score (nSPS) is 17.5. The minimum absolute atomic E-state index is 0.553. The first kappa shape index (κ1) is 11.4. The fraction of sp³-hybridized carbons (Fsp3) is 0.231. The van der Waals surface area contributed by atoms with Crippen LogP contribution in [0, 0.1) is 0 Å². The Bertz CT molecular complexity index is 332. The van der Waals surface area contributed by atoms with E-state index in [0.717, 1.165) is 11.5 Å². The molecule has 0 bridgehead atoms. The zero-order valence-corrected chi connectivity index (χ0v) is 9.23. The lowest BCUT2D eigenvalue weighted by molar-refractivity contribution is 0.244. The summed E-state index contributed by atoms with van der Waals surface area (Å²) >= 11 is 0. The molecule has 1 N–H and O–H groups in total. The molecule has 0 saturated heterocycles. The second-order valence-electron chi connectivity index (χ2n) is 3.01. The first-order valence-electron chi connectivity index (χ1n) is 5.08. The fourth-order valence-corrected chi connectivity index (χ4v) is 1.18. The summed E-state index contributed by atoms with van der Waals surface area (Å²) in [6, 6.07) is 0. The zero-order chi connectivity index (χ0) is 10.9. The summed E-state index contributed by atoms with van der Waals surface area (Å²) in [5, 5.41) is 3.14. The van der Waals surface area contributed by atoms with Crippen molar-refractivity contribution >= 4 is 0 Å². The van der Waals surface area contributed by atoms with Gasteiger partial charge in [-0.05, 0) is 26.0 Å². The number of ether oxygens (including phenoxy) is 1. The average molecular weight is 203 g/mol. The Kier molecular flexibility index (Phi) is 5.09. The molecule has 0 radical (unpaired) electrons. The third-order valence-electron chi connectivity index (χ3n) is 1.86. The van der Waals surface area contributed by atoms with Crippen molar-refractivity contribution in [3.8, 4) is 0 Å². The quantitative estimate of drug-likeness (QED) is 0.709. The SMILES string of the molecule is C\C=C/C=C\C=C\C1=C(/C=C\C)NCO1. The van der Waals surface area contributed by atoms with E-state index in [1.54, 1.807) is 0 Å². The lowest BCUT2D eigenvalue weighted by atomic mass is 10.3. The van der Waals surface area contributed by atoms with Crippen LogP contribution in [-0.2, 0) is 4.74 Å². The number of nitrogens with one attached hydrogen (secondary N) is 1. The topological polar surface area (TPSA) is 21.3 Å². The summed E-state index contributed by atoms with van der Waals surface area (Å²) < 4.78 is 5.40. The van der Waals surface area contributed by atoms with Crippen LogP contribution < -0.4 is 5.32 Å². The van der Waals surface area contributed by atoms with E-state index in [2.05, 4.69) is 5.32 Å². The summed E-state index contributed by atoms with van der Waals surface area (Å²) in [6.07, 6.45) is 15.8. The molecular weight excluding hydrogens is 186 g/mol. The largest absolute Gasteiger partial charge is 0.471 e. The Morgan fingerprint density at radius 2 is 1.80 bits per heavy atom. The highest BCUT2D eigenvalue weighted by Gasteiger charge is 2.08. The van der Waals surface area contributed by atoms with Crippen LogP contribution in [0.1, 0.15) is 13.8 Å². The lowest BCUT2D eigenvalue weighted by Gasteiger charge is -1.93. The van der Waals surface area contributed by atoms with Gasteiger partial charge in [0, 0.05) is 0 Å². The van der Waals surface area contributed by atoms with Crippen LogP contribution in [0.5, 0.6) is 0 Å². The van der Waals surface area contributed by atoms with E-state index >= 15 is 0 Å². The van der Waals surface area contributed by atoms with Gasteiger partial charge in [-0.2, -0.15) is 0 Å². The van der Waals surface area contributed by atoms with Crippen molar-refractivity contribution < 1.29 is 4.74 Å². The van der Waals surface area contributed by atoms with Gasteiger partial charge in [-0.25, -0.2) is 0 Å². The molecule has 2 nitrogen and oxygen atoms in total. The van der Waals surface area contributed by atoms with Crippen molar-refractivity contribution in [3.63, 3.8) is 0 Å². The standard InChI is InChI=1S/C13H17NO/c1-3-5-6-7-8-10-13-12(9-4-2)14-11-15-13/h3-10,14H,11H2,1-2H3/b5-3-,7-6-,9-4-,10-8+. The van der Waals surface area contributed by atoms with Crippen molar-refractivity contribution in [2.75, 3.05) is 6.73 Å². The molecule has 1 aliphatic rings. The van der Waals surface area contributed by atoms with Gasteiger partial charge in [-0.15, -0.1) is 0 Å². The first-order valence-corrected chi connectivity index (χ1v) is 5.08. The smallest absolute Gasteiger partial charge is 0.159 e. The molecule has 0 unspecified atom stereocenters. The van der Waals surface area contributed by atoms with E-state index in [-0.39, 0.29) is 0 Å². The highest BCUT2D eigenvalue weighted by atomic mass is 16.5. The number of hydrogen-bond donors (Lipinski definition) is 1. The van der Waals surface area contributed by atoms with Gasteiger partial charge in [0.05, 0.1) is 5.70 Å². The maximum atomic E-state index is 5.40. The molecule has 15 heavy (non-hydrogen) atoms. The summed E-state index contributed by atoms with van der Waals surface area (Å²) in [4.78, 5) is 0. The zero-order valence-electron chi connectivity index (χ0n) is 9.23. The minimum Gasteiger partial charge on any atom is -0.471 e. The minimum atomic E-state index is 0.553. The van der Waals surface area contributed by atoms with Crippen LogP contribution in [0.15, 0.2) is 60.1 Å². The van der Waals surface area contributed by atoms with Crippen molar-refractivity contribution in [1.82, 2.24) is 5.32 Å². The number of rotatable bonds is 4. The molecule has 1 aliphatic heterocycles. The van der Waals surface area contributed by atoms with Crippen LogP contribution in [-0.4, -0.2) is 6.73 Å². The molecule has 0 aromatic heterocycles. The molecular formula is C13H17NO. The second-order valence-corrected chi connectivity index (χ2v) is 3.01. The molecule has 0 fully saturated rings. The number of allylic oxidation sites excluding steroid dienone is 8. The fourth-order valence-electron chi connectivity index (χ4n) is 1.18. The van der Waals surface area contributed by atoms with Crippen molar-refractivity contribution in [3.05, 3.63) is 60.1 Å². The van der Waals surface area contributed by atoms with Gasteiger partial charge in [0.1, 0.15) is 5.76 Å². The van der Waals surface area contributed by atoms with E-state index in [1.165, 1.54) is 0 Å². The van der Waals surface area contributed by atoms with Gasteiger partial charge in [0.2, 0.25) is 0 Å². The highest BCUT2D eigenvalue weighted by molar-refractivity contribution is 5.31. The van der Waals surface area contributed by atoms with E-state index in [4.69, 9.17) is 4.74 Å². The second kappa shape index (κ2) is 6.71. The molecule has 1 rings (SSSR count). The van der Waals surface area contributed by atoms with Crippen molar-refractivity contribution in [1.29, 1.82) is 0 Å². The average Bonchev–Trinajstić information content (AvgIpc) is 2.66. The summed E-state index contributed by atoms with van der Waals surface area (Å²) in [5.41, 5.74) is 1.04. The Morgan fingerprint density at radius 3 is 2.53 bits per heavy atom. The Hall–Kier alpha value is -1.70. The summed E-state index contributed by atoms with van der Waals surface area (Å²) in [7, 11) is 0. The predicted octanol–water partition coefficient (Wildman–Crippen LogP) is 3.04. The molecule has 0 atom stereocenters. The van der Waals surface area contributed by atoms with E-state index in [1.807, 2.05) is 62.5 Å². The molecule has 2 heteroatoms. The Morgan fingerprint density at radius 1 is 1.00 bits per heavy atom. The van der Waals surface area contributed by atoms with Gasteiger partial charge in [-0.3, -0.25) is 0 Å². The van der Waals surface area contributed by atoms with E-state index in [0.29, 0.717) is 6.73 Å². The molecule has 80 valence electrons. The molecule has 0 aliphatic carbocycles.